The van der Waals surface area contributed by atoms with Crippen LogP contribution in [0.3, 0.4) is 0 Å². The van der Waals surface area contributed by atoms with Gasteiger partial charge in [-0.15, -0.1) is 0 Å². The number of aryl methyl sites for hydroxylation is 1. The lowest BCUT2D eigenvalue weighted by molar-refractivity contribution is -0.385. The van der Waals surface area contributed by atoms with Gasteiger partial charge in [-0.3, -0.25) is 14.9 Å². The lowest BCUT2D eigenvalue weighted by atomic mass is 10.0. The monoisotopic (exact) mass is 484 g/mol. The molecule has 0 spiro atoms. The van der Waals surface area contributed by atoms with Crippen molar-refractivity contribution in [2.24, 2.45) is 0 Å². The summed E-state index contributed by atoms with van der Waals surface area (Å²) >= 11 is 3.23. The van der Waals surface area contributed by atoms with Crippen LogP contribution < -0.4 is 4.72 Å². The van der Waals surface area contributed by atoms with Crippen molar-refractivity contribution in [1.29, 1.82) is 0 Å². The highest BCUT2D eigenvalue weighted by Crippen LogP contribution is 2.30. The molecular weight excluding hydrogens is 464 g/mol. The number of carbonyl (C=O) groups excluding carboxylic acids is 1. The zero-order valence-electron chi connectivity index (χ0n) is 16.1. The average Bonchev–Trinajstić information content (AvgIpc) is 2.59. The van der Waals surface area contributed by atoms with Crippen LogP contribution in [0, 0.1) is 17.0 Å². The Balaban J connectivity index is 2.47. The van der Waals surface area contributed by atoms with Crippen LogP contribution in [0.25, 0.3) is 0 Å². The maximum absolute atomic E-state index is 13.0. The second-order valence-corrected chi connectivity index (χ2v) is 9.20. The third-order valence-electron chi connectivity index (χ3n) is 3.92. The molecule has 0 aromatic heterocycles. The Labute approximate surface area is 177 Å². The SMILES string of the molecule is Cc1ccc(S(=O)(=O)NC(CC(=O)OC(C)C)c2ccccc2[N+](=O)[O-])c(Br)c1. The lowest BCUT2D eigenvalue weighted by Crippen LogP contribution is -2.31. The predicted octanol–water partition coefficient (Wildman–Crippen LogP) is 4.03. The van der Waals surface area contributed by atoms with E-state index in [2.05, 4.69) is 20.7 Å². The first-order valence-electron chi connectivity index (χ1n) is 8.72. The number of hydrogen-bond acceptors (Lipinski definition) is 6. The molecule has 156 valence electrons. The van der Waals surface area contributed by atoms with Crippen LogP contribution in [0.4, 0.5) is 5.69 Å². The van der Waals surface area contributed by atoms with Crippen molar-refractivity contribution in [2.75, 3.05) is 0 Å². The third kappa shape index (κ3) is 6.09. The summed E-state index contributed by atoms with van der Waals surface area (Å²) in [5, 5.41) is 11.4. The van der Waals surface area contributed by atoms with Gasteiger partial charge in [-0.05, 0) is 54.4 Å². The second-order valence-electron chi connectivity index (χ2n) is 6.67. The van der Waals surface area contributed by atoms with Gasteiger partial charge < -0.3 is 4.74 Å². The topological polar surface area (TPSA) is 116 Å². The summed E-state index contributed by atoms with van der Waals surface area (Å²) in [6, 6.07) is 9.19. The van der Waals surface area contributed by atoms with Crippen molar-refractivity contribution >= 4 is 37.6 Å². The van der Waals surface area contributed by atoms with E-state index in [1.54, 1.807) is 32.0 Å². The number of rotatable bonds is 8. The number of carbonyl (C=O) groups is 1. The number of esters is 1. The molecule has 0 bridgehead atoms. The van der Waals surface area contributed by atoms with E-state index in [-0.39, 0.29) is 16.1 Å². The molecule has 0 saturated carbocycles. The molecule has 1 atom stereocenters. The minimum atomic E-state index is -4.10. The summed E-state index contributed by atoms with van der Waals surface area (Å²) in [5.74, 6) is -0.672. The molecule has 0 amide bonds. The highest BCUT2D eigenvalue weighted by Gasteiger charge is 2.30. The number of para-hydroxylation sites is 1. The Morgan fingerprint density at radius 1 is 1.24 bits per heavy atom. The van der Waals surface area contributed by atoms with Crippen LogP contribution in [0.15, 0.2) is 51.8 Å². The van der Waals surface area contributed by atoms with Crippen LogP contribution >= 0.6 is 15.9 Å². The summed E-state index contributed by atoms with van der Waals surface area (Å²) in [6.45, 7) is 5.13. The molecule has 2 aromatic rings. The van der Waals surface area contributed by atoms with Gasteiger partial charge in [-0.1, -0.05) is 24.3 Å². The maximum atomic E-state index is 13.0. The van der Waals surface area contributed by atoms with Gasteiger partial charge in [0.15, 0.2) is 0 Å². The minimum Gasteiger partial charge on any atom is -0.463 e. The molecule has 2 rings (SSSR count). The van der Waals surface area contributed by atoms with E-state index >= 15 is 0 Å². The van der Waals surface area contributed by atoms with Crippen LogP contribution in [-0.4, -0.2) is 25.4 Å². The fourth-order valence-electron chi connectivity index (χ4n) is 2.72. The van der Waals surface area contributed by atoms with Gasteiger partial charge in [0.25, 0.3) is 5.69 Å². The Morgan fingerprint density at radius 2 is 1.90 bits per heavy atom. The van der Waals surface area contributed by atoms with Gasteiger partial charge in [-0.2, -0.15) is 0 Å². The highest BCUT2D eigenvalue weighted by molar-refractivity contribution is 9.10. The van der Waals surface area contributed by atoms with E-state index in [4.69, 9.17) is 4.74 Å². The Bertz CT molecular complexity index is 1020. The zero-order valence-corrected chi connectivity index (χ0v) is 18.5. The Kier molecular flexibility index (Phi) is 7.50. The molecule has 0 aliphatic rings. The van der Waals surface area contributed by atoms with Crippen molar-refractivity contribution in [3.8, 4) is 0 Å². The summed E-state index contributed by atoms with van der Waals surface area (Å²) in [7, 11) is -4.10. The molecule has 10 heteroatoms. The molecule has 0 saturated heterocycles. The van der Waals surface area contributed by atoms with Gasteiger partial charge in [0.2, 0.25) is 10.0 Å². The van der Waals surface area contributed by atoms with Crippen molar-refractivity contribution in [1.82, 2.24) is 4.72 Å². The first kappa shape index (κ1) is 23.0. The zero-order chi connectivity index (χ0) is 21.8. The first-order valence-corrected chi connectivity index (χ1v) is 11.0. The number of benzene rings is 2. The summed E-state index contributed by atoms with van der Waals surface area (Å²) in [5.41, 5.74) is 0.636. The van der Waals surface area contributed by atoms with Crippen LogP contribution in [-0.2, 0) is 19.6 Å². The average molecular weight is 485 g/mol. The Hall–Kier alpha value is -2.30. The van der Waals surface area contributed by atoms with Gasteiger partial charge in [0.05, 0.1) is 28.4 Å². The van der Waals surface area contributed by atoms with Gasteiger partial charge in [-0.25, -0.2) is 13.1 Å². The molecular formula is C19H21BrN2O6S. The fraction of sp³-hybridized carbons (Fsp3) is 0.316. The van der Waals surface area contributed by atoms with Gasteiger partial charge in [0.1, 0.15) is 0 Å². The lowest BCUT2D eigenvalue weighted by Gasteiger charge is -2.20. The number of hydrogen-bond donors (Lipinski definition) is 1. The number of sulfonamides is 1. The van der Waals surface area contributed by atoms with E-state index in [1.807, 2.05) is 6.92 Å². The van der Waals surface area contributed by atoms with Crippen LogP contribution in [0.2, 0.25) is 0 Å². The van der Waals surface area contributed by atoms with E-state index < -0.39 is 39.5 Å². The second kappa shape index (κ2) is 9.47. The van der Waals surface area contributed by atoms with E-state index in [9.17, 15) is 23.3 Å². The molecule has 1 unspecified atom stereocenters. The number of nitrogens with zero attached hydrogens (tertiary/aromatic N) is 1. The molecule has 0 radical (unpaired) electrons. The van der Waals surface area contributed by atoms with Crippen molar-refractivity contribution in [3.63, 3.8) is 0 Å². The van der Waals surface area contributed by atoms with Gasteiger partial charge in [0, 0.05) is 16.1 Å². The quantitative estimate of drug-likeness (QED) is 0.343. The number of nitro benzene ring substituents is 1. The van der Waals surface area contributed by atoms with Crippen molar-refractivity contribution < 1.29 is 22.9 Å². The first-order chi connectivity index (χ1) is 13.5. The number of halogens is 1. The molecule has 1 N–H and O–H groups in total. The molecule has 0 aliphatic carbocycles. The number of ether oxygens (including phenoxy) is 1. The molecule has 29 heavy (non-hydrogen) atoms. The normalized spacial score (nSPS) is 12.6. The molecule has 0 heterocycles. The van der Waals surface area contributed by atoms with E-state index in [0.717, 1.165) is 5.56 Å². The van der Waals surface area contributed by atoms with Gasteiger partial charge >= 0.3 is 5.97 Å². The summed E-state index contributed by atoms with van der Waals surface area (Å²) in [4.78, 5) is 23.0. The molecule has 8 nitrogen and oxygen atoms in total. The summed E-state index contributed by atoms with van der Waals surface area (Å²) < 4.78 is 33.8. The van der Waals surface area contributed by atoms with Crippen LogP contribution in [0.1, 0.15) is 37.4 Å². The van der Waals surface area contributed by atoms with E-state index in [1.165, 1.54) is 24.3 Å². The standard InChI is InChI=1S/C19H21BrN2O6S/c1-12(2)28-19(23)11-16(14-6-4-5-7-17(14)22(24)25)21-29(26,27)18-9-8-13(3)10-15(18)20/h4-10,12,16,21H,11H2,1-3H3. The highest BCUT2D eigenvalue weighted by atomic mass is 79.9. The minimum absolute atomic E-state index is 0.0380. The Morgan fingerprint density at radius 3 is 2.48 bits per heavy atom. The number of nitro groups is 1. The smallest absolute Gasteiger partial charge is 0.308 e. The fourth-order valence-corrected chi connectivity index (χ4v) is 5.12. The van der Waals surface area contributed by atoms with Crippen LogP contribution in [0.5, 0.6) is 0 Å². The summed E-state index contributed by atoms with van der Waals surface area (Å²) in [6.07, 6.45) is -0.803. The predicted molar refractivity (Wildman–Crippen MR) is 111 cm³/mol. The maximum Gasteiger partial charge on any atom is 0.308 e. The van der Waals surface area contributed by atoms with Crippen molar-refractivity contribution in [2.45, 2.75) is 44.2 Å². The van der Waals surface area contributed by atoms with E-state index in [0.29, 0.717) is 4.47 Å². The van der Waals surface area contributed by atoms with Crippen molar-refractivity contribution in [3.05, 3.63) is 68.2 Å². The molecule has 0 fully saturated rings. The molecule has 2 aromatic carbocycles. The third-order valence-corrected chi connectivity index (χ3v) is 6.37. The largest absolute Gasteiger partial charge is 0.463 e. The number of nitrogens with one attached hydrogen (secondary N) is 1. The molecule has 0 aliphatic heterocycles.